The zero-order valence-corrected chi connectivity index (χ0v) is 24.0. The highest BCUT2D eigenvalue weighted by atomic mass is 15.0. The number of hydrogen-bond acceptors (Lipinski definition) is 0. The van der Waals surface area contributed by atoms with Gasteiger partial charge in [0.25, 0.3) is 0 Å². The molecule has 0 spiro atoms. The summed E-state index contributed by atoms with van der Waals surface area (Å²) in [4.78, 5) is 0. The third-order valence-corrected chi connectivity index (χ3v) is 8.60. The maximum Gasteiger partial charge on any atom is 0.0548 e. The minimum Gasteiger partial charge on any atom is -0.309 e. The van der Waals surface area contributed by atoms with Crippen LogP contribution in [0.1, 0.15) is 18.2 Å². The Morgan fingerprint density at radius 3 is 1.95 bits per heavy atom. The maximum absolute atomic E-state index is 4.32. The standard InChI is InChI=1S/C41H30N2/c1-3-12-36-34(4-2)40-38(42(36)32-22-19-30(20-23-32)28-13-6-5-7-14-28)25-26-39-41(40)35-17-10-11-18-37(35)43(39)33-24-21-29-15-8-9-16-31(29)27-33/h3-27H,2H2,1H3/b12-3-. The van der Waals surface area contributed by atoms with Gasteiger partial charge in [0.1, 0.15) is 0 Å². The van der Waals surface area contributed by atoms with E-state index in [4.69, 9.17) is 0 Å². The Bertz CT molecular complexity index is 2350. The first-order valence-corrected chi connectivity index (χ1v) is 14.8. The predicted octanol–water partition coefficient (Wildman–Crippen LogP) is 11.2. The zero-order valence-electron chi connectivity index (χ0n) is 24.0. The summed E-state index contributed by atoms with van der Waals surface area (Å²) in [5.74, 6) is 0. The molecule has 0 fully saturated rings. The van der Waals surface area contributed by atoms with Crippen molar-refractivity contribution in [3.63, 3.8) is 0 Å². The van der Waals surface area contributed by atoms with Gasteiger partial charge in [-0.05, 0) is 77.4 Å². The molecule has 8 aromatic rings. The number of fused-ring (bicyclic) bond motifs is 6. The van der Waals surface area contributed by atoms with Crippen LogP contribution in [0.25, 0.3) is 78.1 Å². The van der Waals surface area contributed by atoms with Crippen LogP contribution >= 0.6 is 0 Å². The van der Waals surface area contributed by atoms with E-state index < -0.39 is 0 Å². The van der Waals surface area contributed by atoms with Crippen molar-refractivity contribution in [3.8, 4) is 22.5 Å². The second-order valence-electron chi connectivity index (χ2n) is 11.0. The summed E-state index contributed by atoms with van der Waals surface area (Å²) in [6.07, 6.45) is 6.34. The monoisotopic (exact) mass is 550 g/mol. The molecule has 0 bridgehead atoms. The molecule has 204 valence electrons. The molecule has 0 aliphatic carbocycles. The lowest BCUT2D eigenvalue weighted by molar-refractivity contribution is 1.10. The van der Waals surface area contributed by atoms with Crippen molar-refractivity contribution in [1.82, 2.24) is 9.13 Å². The molecule has 43 heavy (non-hydrogen) atoms. The van der Waals surface area contributed by atoms with Crippen LogP contribution in [0.5, 0.6) is 0 Å². The van der Waals surface area contributed by atoms with E-state index in [9.17, 15) is 0 Å². The largest absolute Gasteiger partial charge is 0.309 e. The van der Waals surface area contributed by atoms with Gasteiger partial charge in [-0.2, -0.15) is 0 Å². The van der Waals surface area contributed by atoms with Gasteiger partial charge in [0, 0.05) is 33.1 Å². The molecule has 0 aliphatic heterocycles. The van der Waals surface area contributed by atoms with E-state index in [1.807, 2.05) is 6.08 Å². The van der Waals surface area contributed by atoms with Gasteiger partial charge < -0.3 is 9.13 Å². The number of benzene rings is 6. The number of nitrogens with zero attached hydrogens (tertiary/aromatic N) is 2. The van der Waals surface area contributed by atoms with Crippen molar-refractivity contribution < 1.29 is 0 Å². The molecule has 8 rings (SSSR count). The first-order valence-electron chi connectivity index (χ1n) is 14.8. The molecule has 0 saturated carbocycles. The van der Waals surface area contributed by atoms with Crippen LogP contribution < -0.4 is 0 Å². The molecule has 0 atom stereocenters. The number of allylic oxidation sites excluding steroid dienone is 1. The summed E-state index contributed by atoms with van der Waals surface area (Å²) in [6, 6.07) is 48.1. The predicted molar refractivity (Wildman–Crippen MR) is 185 cm³/mol. The molecule has 0 aliphatic rings. The fourth-order valence-corrected chi connectivity index (χ4v) is 6.72. The van der Waals surface area contributed by atoms with Crippen LogP contribution in [-0.2, 0) is 0 Å². The van der Waals surface area contributed by atoms with E-state index in [2.05, 4.69) is 168 Å². The highest BCUT2D eigenvalue weighted by molar-refractivity contribution is 6.24. The van der Waals surface area contributed by atoms with Crippen molar-refractivity contribution in [2.45, 2.75) is 6.92 Å². The Morgan fingerprint density at radius 2 is 1.19 bits per heavy atom. The minimum absolute atomic E-state index is 1.13. The molecule has 6 aromatic carbocycles. The lowest BCUT2D eigenvalue weighted by Gasteiger charge is -2.11. The molecular weight excluding hydrogens is 520 g/mol. The fraction of sp³-hybridized carbons (Fsp3) is 0.0244. The Kier molecular flexibility index (Phi) is 5.87. The van der Waals surface area contributed by atoms with E-state index in [0.717, 1.165) is 22.6 Å². The number of rotatable bonds is 5. The Labute approximate surface area is 251 Å². The average molecular weight is 551 g/mol. The van der Waals surface area contributed by atoms with Crippen molar-refractivity contribution >= 4 is 55.6 Å². The first-order chi connectivity index (χ1) is 21.3. The van der Waals surface area contributed by atoms with E-state index >= 15 is 0 Å². The summed E-state index contributed by atoms with van der Waals surface area (Å²) in [6.45, 7) is 6.39. The number of aromatic nitrogens is 2. The van der Waals surface area contributed by atoms with Gasteiger partial charge in [-0.25, -0.2) is 0 Å². The minimum atomic E-state index is 1.13. The van der Waals surface area contributed by atoms with Crippen LogP contribution in [0, 0.1) is 0 Å². The van der Waals surface area contributed by atoms with Crippen LogP contribution in [0.3, 0.4) is 0 Å². The van der Waals surface area contributed by atoms with E-state index in [0.29, 0.717) is 0 Å². The van der Waals surface area contributed by atoms with Gasteiger partial charge in [0.2, 0.25) is 0 Å². The Hall–Kier alpha value is -5.60. The van der Waals surface area contributed by atoms with Gasteiger partial charge in [0.15, 0.2) is 0 Å². The second-order valence-corrected chi connectivity index (χ2v) is 11.0. The molecule has 2 heterocycles. The second kappa shape index (κ2) is 10.0. The molecule has 0 N–H and O–H groups in total. The molecule has 0 saturated heterocycles. The third-order valence-electron chi connectivity index (χ3n) is 8.60. The van der Waals surface area contributed by atoms with Gasteiger partial charge in [-0.1, -0.05) is 110 Å². The van der Waals surface area contributed by atoms with Gasteiger partial charge in [0.05, 0.1) is 22.2 Å². The highest BCUT2D eigenvalue weighted by Gasteiger charge is 2.22. The molecule has 2 nitrogen and oxygen atoms in total. The summed E-state index contributed by atoms with van der Waals surface area (Å²) in [5.41, 5.74) is 10.6. The average Bonchev–Trinajstić information content (AvgIpc) is 3.57. The van der Waals surface area contributed by atoms with E-state index in [-0.39, 0.29) is 0 Å². The third kappa shape index (κ3) is 3.88. The van der Waals surface area contributed by atoms with Crippen molar-refractivity contribution in [2.75, 3.05) is 0 Å². The number of hydrogen-bond donors (Lipinski definition) is 0. The molecule has 0 unspecified atom stereocenters. The summed E-state index contributed by atoms with van der Waals surface area (Å²) in [7, 11) is 0. The number of para-hydroxylation sites is 1. The van der Waals surface area contributed by atoms with Crippen LogP contribution in [-0.4, -0.2) is 9.13 Å². The highest BCUT2D eigenvalue weighted by Crippen LogP contribution is 2.42. The van der Waals surface area contributed by atoms with Crippen LogP contribution in [0.15, 0.2) is 146 Å². The van der Waals surface area contributed by atoms with Crippen molar-refractivity contribution in [1.29, 1.82) is 0 Å². The SMILES string of the molecule is C=Cc1c(/C=C\C)n(-c2ccc(-c3ccccc3)cc2)c2ccc3c(c4ccccc4n3-c3ccc4ccccc4c3)c12. The van der Waals surface area contributed by atoms with E-state index in [1.54, 1.807) is 0 Å². The smallest absolute Gasteiger partial charge is 0.0548 e. The molecular formula is C41H30N2. The van der Waals surface area contributed by atoms with Crippen molar-refractivity contribution in [3.05, 3.63) is 157 Å². The van der Waals surface area contributed by atoms with Crippen LogP contribution in [0.4, 0.5) is 0 Å². The van der Waals surface area contributed by atoms with Gasteiger partial charge in [-0.3, -0.25) is 0 Å². The summed E-state index contributed by atoms with van der Waals surface area (Å²) in [5, 5.41) is 6.20. The fourth-order valence-electron chi connectivity index (χ4n) is 6.72. The van der Waals surface area contributed by atoms with Gasteiger partial charge >= 0.3 is 0 Å². The first kappa shape index (κ1) is 25.1. The summed E-state index contributed by atoms with van der Waals surface area (Å²) >= 11 is 0. The maximum atomic E-state index is 4.32. The quantitative estimate of drug-likeness (QED) is 0.202. The van der Waals surface area contributed by atoms with Crippen LogP contribution in [0.2, 0.25) is 0 Å². The topological polar surface area (TPSA) is 9.86 Å². The van der Waals surface area contributed by atoms with Crippen molar-refractivity contribution in [2.24, 2.45) is 0 Å². The molecule has 2 heteroatoms. The lowest BCUT2D eigenvalue weighted by atomic mass is 10.0. The molecule has 0 radical (unpaired) electrons. The van der Waals surface area contributed by atoms with E-state index in [1.165, 1.54) is 54.6 Å². The summed E-state index contributed by atoms with van der Waals surface area (Å²) < 4.78 is 4.79. The lowest BCUT2D eigenvalue weighted by Crippen LogP contribution is -1.97. The molecule has 0 amide bonds. The molecule has 2 aromatic heterocycles. The van der Waals surface area contributed by atoms with Gasteiger partial charge in [-0.15, -0.1) is 0 Å². The Balaban J connectivity index is 1.44. The normalized spacial score (nSPS) is 11.8. The zero-order chi connectivity index (χ0) is 28.9. The Morgan fingerprint density at radius 1 is 0.535 bits per heavy atom.